The number of hydrogen-bond donors (Lipinski definition) is 3. The van der Waals surface area contributed by atoms with Crippen molar-refractivity contribution in [1.29, 1.82) is 0 Å². The number of carbonyl (C=O) groups excluding carboxylic acids is 2. The number of methoxy groups -OCH3 is 2. The minimum atomic E-state index is -0.349. The third-order valence-electron chi connectivity index (χ3n) is 5.54. The number of rotatable bonds is 6. The molecule has 2 fully saturated rings. The van der Waals surface area contributed by atoms with Crippen LogP contribution in [0.5, 0.6) is 11.5 Å². The molecule has 0 unspecified atom stereocenters. The van der Waals surface area contributed by atoms with Gasteiger partial charge in [-0.05, 0) is 25.3 Å². The van der Waals surface area contributed by atoms with Gasteiger partial charge in [-0.15, -0.1) is 12.4 Å². The maximum Gasteiger partial charge on any atom is 0.243 e. The van der Waals surface area contributed by atoms with Gasteiger partial charge >= 0.3 is 0 Å². The number of fused-ring (bicyclic) bond motifs is 1. The van der Waals surface area contributed by atoms with Crippen LogP contribution in [0, 0.1) is 11.3 Å². The van der Waals surface area contributed by atoms with Crippen molar-refractivity contribution in [3.05, 3.63) is 18.2 Å². The van der Waals surface area contributed by atoms with Crippen molar-refractivity contribution in [3.63, 3.8) is 0 Å². The predicted octanol–water partition coefficient (Wildman–Crippen LogP) is 1.96. The van der Waals surface area contributed by atoms with E-state index >= 15 is 0 Å². The summed E-state index contributed by atoms with van der Waals surface area (Å²) < 4.78 is 10.4. The third-order valence-corrected chi connectivity index (χ3v) is 5.54. The fraction of sp³-hybridized carbons (Fsp3) is 0.579. The highest BCUT2D eigenvalue weighted by Crippen LogP contribution is 2.43. The number of halogens is 1. The second-order valence-electron chi connectivity index (χ2n) is 7.06. The first-order valence-electron chi connectivity index (χ1n) is 9.09. The molecule has 2 atom stereocenters. The van der Waals surface area contributed by atoms with Crippen LogP contribution in [-0.4, -0.2) is 45.7 Å². The molecule has 1 aromatic carbocycles. The van der Waals surface area contributed by atoms with Crippen molar-refractivity contribution < 1.29 is 19.1 Å². The molecule has 0 bridgehead atoms. The number of amides is 2. The number of benzene rings is 1. The monoisotopic (exact) mass is 397 g/mol. The zero-order valence-electron chi connectivity index (χ0n) is 15.8. The topological polar surface area (TPSA) is 88.7 Å². The molecule has 27 heavy (non-hydrogen) atoms. The van der Waals surface area contributed by atoms with Gasteiger partial charge in [0.25, 0.3) is 0 Å². The smallest absolute Gasteiger partial charge is 0.243 e. The van der Waals surface area contributed by atoms with Gasteiger partial charge in [-0.3, -0.25) is 9.59 Å². The summed E-state index contributed by atoms with van der Waals surface area (Å²) in [6, 6.07) is 5.14. The normalized spacial score (nSPS) is 23.6. The Kier molecular flexibility index (Phi) is 7.33. The molecule has 1 aromatic rings. The Balaban J connectivity index is 0.00000261. The van der Waals surface area contributed by atoms with E-state index in [0.29, 0.717) is 29.6 Å². The average Bonchev–Trinajstić information content (AvgIpc) is 3.11. The Morgan fingerprint density at radius 3 is 2.56 bits per heavy atom. The summed E-state index contributed by atoms with van der Waals surface area (Å²) in [5.74, 6) is 1.27. The van der Waals surface area contributed by atoms with Crippen LogP contribution in [0.15, 0.2) is 18.2 Å². The Labute approximate surface area is 166 Å². The second kappa shape index (κ2) is 9.28. The maximum absolute atomic E-state index is 12.8. The molecule has 3 N–H and O–H groups in total. The molecule has 7 nitrogen and oxygen atoms in total. The van der Waals surface area contributed by atoms with Crippen LogP contribution in [0.2, 0.25) is 0 Å². The van der Waals surface area contributed by atoms with E-state index in [2.05, 4.69) is 16.0 Å². The van der Waals surface area contributed by atoms with Crippen molar-refractivity contribution in [1.82, 2.24) is 10.6 Å². The van der Waals surface area contributed by atoms with Crippen LogP contribution >= 0.6 is 12.4 Å². The molecule has 8 heteroatoms. The fourth-order valence-corrected chi connectivity index (χ4v) is 4.11. The summed E-state index contributed by atoms with van der Waals surface area (Å²) >= 11 is 0. The van der Waals surface area contributed by atoms with Gasteiger partial charge < -0.3 is 25.4 Å². The van der Waals surface area contributed by atoms with E-state index in [1.165, 1.54) is 6.42 Å². The number of ether oxygens (including phenoxy) is 2. The first kappa shape index (κ1) is 21.3. The van der Waals surface area contributed by atoms with Crippen LogP contribution in [0.25, 0.3) is 0 Å². The Morgan fingerprint density at radius 1 is 1.19 bits per heavy atom. The molecule has 0 radical (unpaired) electrons. The first-order chi connectivity index (χ1) is 12.6. The molecule has 1 saturated carbocycles. The molecule has 1 aliphatic carbocycles. The van der Waals surface area contributed by atoms with E-state index in [9.17, 15) is 9.59 Å². The van der Waals surface area contributed by atoms with Crippen molar-refractivity contribution in [2.45, 2.75) is 25.7 Å². The molecule has 2 amide bonds. The van der Waals surface area contributed by atoms with Gasteiger partial charge in [0, 0.05) is 30.4 Å². The quantitative estimate of drug-likeness (QED) is 0.682. The summed E-state index contributed by atoms with van der Waals surface area (Å²) in [5.41, 5.74) is 0.217. The lowest BCUT2D eigenvalue weighted by molar-refractivity contribution is -0.135. The molecule has 3 rings (SSSR count). The van der Waals surface area contributed by atoms with Crippen LogP contribution in [0.1, 0.15) is 25.7 Å². The van der Waals surface area contributed by atoms with E-state index in [1.54, 1.807) is 32.4 Å². The van der Waals surface area contributed by atoms with Crippen LogP contribution in [-0.2, 0) is 9.59 Å². The Hall–Kier alpha value is -1.99. The average molecular weight is 398 g/mol. The summed E-state index contributed by atoms with van der Waals surface area (Å²) in [5, 5.41) is 8.97. The lowest BCUT2D eigenvalue weighted by Gasteiger charge is -2.37. The lowest BCUT2D eigenvalue weighted by Crippen LogP contribution is -2.49. The van der Waals surface area contributed by atoms with Crippen molar-refractivity contribution in [2.24, 2.45) is 11.3 Å². The van der Waals surface area contributed by atoms with E-state index in [-0.39, 0.29) is 36.2 Å². The van der Waals surface area contributed by atoms with E-state index in [0.717, 1.165) is 25.8 Å². The summed E-state index contributed by atoms with van der Waals surface area (Å²) in [6.07, 6.45) is 4.22. The fourth-order valence-electron chi connectivity index (χ4n) is 4.11. The predicted molar refractivity (Wildman–Crippen MR) is 106 cm³/mol. The van der Waals surface area contributed by atoms with Crippen LogP contribution < -0.4 is 25.4 Å². The molecule has 0 aromatic heterocycles. The molecule has 150 valence electrons. The molecular formula is C19H28ClN3O4. The van der Waals surface area contributed by atoms with E-state index < -0.39 is 0 Å². The summed E-state index contributed by atoms with van der Waals surface area (Å²) in [6.45, 7) is 1.55. The largest absolute Gasteiger partial charge is 0.497 e. The second-order valence-corrected chi connectivity index (χ2v) is 7.06. The highest BCUT2D eigenvalue weighted by atomic mass is 35.5. The highest BCUT2D eigenvalue weighted by Gasteiger charge is 2.49. The summed E-state index contributed by atoms with van der Waals surface area (Å²) in [7, 11) is 3.10. The SMILES string of the molecule is COc1cc(NC(=O)CNC(=O)[C@@]23CCCC[C@H]2CNC3)cc(OC)c1.Cl. The van der Waals surface area contributed by atoms with Gasteiger partial charge in [0.2, 0.25) is 11.8 Å². The van der Waals surface area contributed by atoms with Crippen LogP contribution in [0.4, 0.5) is 5.69 Å². The third kappa shape index (κ3) is 4.65. The van der Waals surface area contributed by atoms with E-state index in [1.807, 2.05) is 0 Å². The Bertz CT molecular complexity index is 663. The number of hydrogen-bond acceptors (Lipinski definition) is 5. The van der Waals surface area contributed by atoms with Crippen molar-refractivity contribution >= 4 is 29.9 Å². The van der Waals surface area contributed by atoms with Crippen LogP contribution in [0.3, 0.4) is 0 Å². The zero-order chi connectivity index (χ0) is 18.6. The van der Waals surface area contributed by atoms with E-state index in [4.69, 9.17) is 9.47 Å². The zero-order valence-corrected chi connectivity index (χ0v) is 16.6. The Morgan fingerprint density at radius 2 is 1.89 bits per heavy atom. The van der Waals surface area contributed by atoms with Gasteiger partial charge in [-0.1, -0.05) is 12.8 Å². The molecule has 1 aliphatic heterocycles. The van der Waals surface area contributed by atoms with Gasteiger partial charge in [-0.2, -0.15) is 0 Å². The minimum Gasteiger partial charge on any atom is -0.497 e. The molecule has 1 saturated heterocycles. The molecule has 0 spiro atoms. The number of carbonyl (C=O) groups is 2. The first-order valence-corrected chi connectivity index (χ1v) is 9.09. The highest BCUT2D eigenvalue weighted by molar-refractivity contribution is 5.96. The number of anilines is 1. The summed E-state index contributed by atoms with van der Waals surface area (Å²) in [4.78, 5) is 25.1. The van der Waals surface area contributed by atoms with Gasteiger partial charge in [0.05, 0.1) is 26.2 Å². The standard InChI is InChI=1S/C19H27N3O4.ClH/c1-25-15-7-14(8-16(9-15)26-2)22-17(23)11-21-18(24)19-6-4-3-5-13(19)10-20-12-19;/h7-9,13,20H,3-6,10-12H2,1-2H3,(H,21,24)(H,22,23);1H/t13-,19+;/m0./s1. The van der Waals surface area contributed by atoms with Gasteiger partial charge in [0.15, 0.2) is 0 Å². The molecule has 1 heterocycles. The van der Waals surface area contributed by atoms with Crippen molar-refractivity contribution in [2.75, 3.05) is 39.2 Å². The number of nitrogens with one attached hydrogen (secondary N) is 3. The van der Waals surface area contributed by atoms with Gasteiger partial charge in [-0.25, -0.2) is 0 Å². The lowest BCUT2D eigenvalue weighted by atomic mass is 9.67. The maximum atomic E-state index is 12.8. The molecular weight excluding hydrogens is 370 g/mol. The molecule has 2 aliphatic rings. The minimum absolute atomic E-state index is 0. The van der Waals surface area contributed by atoms with Crippen molar-refractivity contribution in [3.8, 4) is 11.5 Å². The van der Waals surface area contributed by atoms with Gasteiger partial charge in [0.1, 0.15) is 11.5 Å².